The first-order valence-electron chi connectivity index (χ1n) is 5.75. The number of hydrogen-bond donors (Lipinski definition) is 0. The molecule has 1 atom stereocenters. The molecule has 1 aromatic rings. The van der Waals surface area contributed by atoms with Gasteiger partial charge in [-0.3, -0.25) is 0 Å². The molecule has 1 aromatic carbocycles. The summed E-state index contributed by atoms with van der Waals surface area (Å²) < 4.78 is 13.1. The Balaban J connectivity index is 1.78. The lowest BCUT2D eigenvalue weighted by Gasteiger charge is -2.28. The zero-order valence-electron chi connectivity index (χ0n) is 9.03. The van der Waals surface area contributed by atoms with Gasteiger partial charge in [-0.1, -0.05) is 30.3 Å². The van der Waals surface area contributed by atoms with Crippen molar-refractivity contribution in [3.63, 3.8) is 0 Å². The smallest absolute Gasteiger partial charge is 0.113 e. The monoisotopic (exact) mass is 207 g/mol. The lowest BCUT2D eigenvalue weighted by Crippen LogP contribution is -2.37. The van der Waals surface area contributed by atoms with E-state index in [1.807, 2.05) is 6.07 Å². The van der Waals surface area contributed by atoms with Crippen LogP contribution in [0.15, 0.2) is 30.3 Å². The van der Waals surface area contributed by atoms with Gasteiger partial charge in [0, 0.05) is 13.1 Å². The molecule has 1 unspecified atom stereocenters. The summed E-state index contributed by atoms with van der Waals surface area (Å²) in [6.45, 7) is 2.69. The van der Waals surface area contributed by atoms with E-state index in [1.165, 1.54) is 5.56 Å². The van der Waals surface area contributed by atoms with Gasteiger partial charge in [0.2, 0.25) is 0 Å². The van der Waals surface area contributed by atoms with Crippen LogP contribution in [-0.2, 0) is 6.42 Å². The minimum Gasteiger partial charge on any atom is -0.300 e. The quantitative estimate of drug-likeness (QED) is 0.736. The summed E-state index contributed by atoms with van der Waals surface area (Å²) in [4.78, 5) is 2.24. The molecule has 0 saturated carbocycles. The SMILES string of the molecule is FC1CCCN(CCc2ccccc2)C1. The summed E-state index contributed by atoms with van der Waals surface area (Å²) in [5.74, 6) is 0. The van der Waals surface area contributed by atoms with E-state index in [0.29, 0.717) is 6.54 Å². The molecule has 0 bridgehead atoms. The maximum absolute atomic E-state index is 13.1. The van der Waals surface area contributed by atoms with Crippen LogP contribution in [0.1, 0.15) is 18.4 Å². The van der Waals surface area contributed by atoms with Crippen molar-refractivity contribution < 1.29 is 4.39 Å². The van der Waals surface area contributed by atoms with Gasteiger partial charge >= 0.3 is 0 Å². The van der Waals surface area contributed by atoms with Gasteiger partial charge < -0.3 is 4.90 Å². The fourth-order valence-corrected chi connectivity index (χ4v) is 2.13. The minimum atomic E-state index is -0.602. The van der Waals surface area contributed by atoms with Crippen LogP contribution >= 0.6 is 0 Å². The molecule has 2 heteroatoms. The van der Waals surface area contributed by atoms with Crippen molar-refractivity contribution >= 4 is 0 Å². The molecule has 1 fully saturated rings. The van der Waals surface area contributed by atoms with Gasteiger partial charge in [0.15, 0.2) is 0 Å². The number of benzene rings is 1. The third kappa shape index (κ3) is 3.31. The van der Waals surface area contributed by atoms with Gasteiger partial charge in [-0.2, -0.15) is 0 Å². The Morgan fingerprint density at radius 1 is 1.27 bits per heavy atom. The van der Waals surface area contributed by atoms with Crippen molar-refractivity contribution in [1.29, 1.82) is 0 Å². The topological polar surface area (TPSA) is 3.24 Å². The normalized spacial score (nSPS) is 22.9. The van der Waals surface area contributed by atoms with E-state index < -0.39 is 6.17 Å². The Labute approximate surface area is 90.9 Å². The van der Waals surface area contributed by atoms with E-state index in [4.69, 9.17) is 0 Å². The van der Waals surface area contributed by atoms with Crippen LogP contribution in [0.2, 0.25) is 0 Å². The molecule has 1 saturated heterocycles. The number of piperidine rings is 1. The van der Waals surface area contributed by atoms with Gasteiger partial charge in [0.25, 0.3) is 0 Å². The zero-order chi connectivity index (χ0) is 10.5. The highest BCUT2D eigenvalue weighted by molar-refractivity contribution is 5.14. The lowest BCUT2D eigenvalue weighted by atomic mass is 10.1. The number of nitrogens with zero attached hydrogens (tertiary/aromatic N) is 1. The fraction of sp³-hybridized carbons (Fsp3) is 0.538. The second-order valence-corrected chi connectivity index (χ2v) is 4.28. The number of hydrogen-bond acceptors (Lipinski definition) is 1. The Kier molecular flexibility index (Phi) is 3.73. The second kappa shape index (κ2) is 5.26. The molecule has 0 aliphatic carbocycles. The predicted molar refractivity (Wildman–Crippen MR) is 60.7 cm³/mol. The van der Waals surface area contributed by atoms with Crippen LogP contribution in [0.4, 0.5) is 4.39 Å². The van der Waals surface area contributed by atoms with Crippen molar-refractivity contribution in [3.8, 4) is 0 Å². The van der Waals surface area contributed by atoms with E-state index in [9.17, 15) is 4.39 Å². The number of likely N-dealkylation sites (tertiary alicyclic amines) is 1. The molecule has 1 nitrogen and oxygen atoms in total. The Bertz CT molecular complexity index is 286. The third-order valence-electron chi connectivity index (χ3n) is 3.01. The second-order valence-electron chi connectivity index (χ2n) is 4.28. The van der Waals surface area contributed by atoms with Gasteiger partial charge in [-0.15, -0.1) is 0 Å². The Morgan fingerprint density at radius 3 is 2.80 bits per heavy atom. The van der Waals surface area contributed by atoms with Crippen molar-refractivity contribution in [2.75, 3.05) is 19.6 Å². The average Bonchev–Trinajstić information content (AvgIpc) is 2.28. The van der Waals surface area contributed by atoms with Crippen LogP contribution in [0, 0.1) is 0 Å². The third-order valence-corrected chi connectivity index (χ3v) is 3.01. The van der Waals surface area contributed by atoms with Gasteiger partial charge in [0.05, 0.1) is 0 Å². The van der Waals surface area contributed by atoms with Crippen LogP contribution < -0.4 is 0 Å². The van der Waals surface area contributed by atoms with E-state index in [0.717, 1.165) is 32.4 Å². The molecule has 1 aliphatic heterocycles. The molecule has 1 aliphatic rings. The standard InChI is InChI=1S/C13H18FN/c14-13-7-4-9-15(11-13)10-8-12-5-2-1-3-6-12/h1-3,5-6,13H,4,7-11H2. The average molecular weight is 207 g/mol. The summed E-state index contributed by atoms with van der Waals surface area (Å²) >= 11 is 0. The maximum Gasteiger partial charge on any atom is 0.113 e. The first-order valence-corrected chi connectivity index (χ1v) is 5.75. The van der Waals surface area contributed by atoms with Crippen molar-refractivity contribution in [2.45, 2.75) is 25.4 Å². The highest BCUT2D eigenvalue weighted by atomic mass is 19.1. The van der Waals surface area contributed by atoms with Crippen LogP contribution in [-0.4, -0.2) is 30.7 Å². The van der Waals surface area contributed by atoms with Crippen molar-refractivity contribution in [3.05, 3.63) is 35.9 Å². The zero-order valence-corrected chi connectivity index (χ0v) is 9.03. The first-order chi connectivity index (χ1) is 7.34. The molecule has 2 rings (SSSR count). The number of rotatable bonds is 3. The molecule has 0 radical (unpaired) electrons. The predicted octanol–water partition coefficient (Wildman–Crippen LogP) is 2.66. The number of alkyl halides is 1. The highest BCUT2D eigenvalue weighted by Crippen LogP contribution is 2.13. The van der Waals surface area contributed by atoms with Crippen LogP contribution in [0.3, 0.4) is 0 Å². The summed E-state index contributed by atoms with van der Waals surface area (Å²) in [7, 11) is 0. The van der Waals surface area contributed by atoms with E-state index >= 15 is 0 Å². The van der Waals surface area contributed by atoms with E-state index in [1.54, 1.807) is 0 Å². The lowest BCUT2D eigenvalue weighted by molar-refractivity contribution is 0.140. The summed E-state index contributed by atoms with van der Waals surface area (Å²) in [5.41, 5.74) is 1.35. The van der Waals surface area contributed by atoms with E-state index in [2.05, 4.69) is 29.2 Å². The largest absolute Gasteiger partial charge is 0.300 e. The number of halogens is 1. The molecule has 0 spiro atoms. The van der Waals surface area contributed by atoms with Gasteiger partial charge in [-0.25, -0.2) is 4.39 Å². The van der Waals surface area contributed by atoms with Gasteiger partial charge in [-0.05, 0) is 31.4 Å². The molecular weight excluding hydrogens is 189 g/mol. The van der Waals surface area contributed by atoms with Crippen LogP contribution in [0.5, 0.6) is 0 Å². The summed E-state index contributed by atoms with van der Waals surface area (Å²) in [6.07, 6.45) is 2.19. The van der Waals surface area contributed by atoms with Gasteiger partial charge in [0.1, 0.15) is 6.17 Å². The molecular formula is C13H18FN. The molecule has 0 aromatic heterocycles. The maximum atomic E-state index is 13.1. The fourth-order valence-electron chi connectivity index (χ4n) is 2.13. The van der Waals surface area contributed by atoms with Crippen LogP contribution in [0.25, 0.3) is 0 Å². The van der Waals surface area contributed by atoms with E-state index in [-0.39, 0.29) is 0 Å². The molecule has 0 N–H and O–H groups in total. The van der Waals surface area contributed by atoms with Crippen molar-refractivity contribution in [1.82, 2.24) is 4.90 Å². The molecule has 82 valence electrons. The first kappa shape index (κ1) is 10.6. The summed E-state index contributed by atoms with van der Waals surface area (Å²) in [6, 6.07) is 10.4. The van der Waals surface area contributed by atoms with Crippen molar-refractivity contribution in [2.24, 2.45) is 0 Å². The minimum absolute atomic E-state index is 0.602. The molecule has 0 amide bonds. The molecule has 15 heavy (non-hydrogen) atoms. The summed E-state index contributed by atoms with van der Waals surface area (Å²) in [5, 5.41) is 0. The Morgan fingerprint density at radius 2 is 2.07 bits per heavy atom. The highest BCUT2D eigenvalue weighted by Gasteiger charge is 2.18. The molecule has 1 heterocycles. The Hall–Kier alpha value is -0.890.